The van der Waals surface area contributed by atoms with E-state index in [1.165, 1.54) is 31.2 Å². The van der Waals surface area contributed by atoms with E-state index < -0.39 is 10.0 Å². The number of hydrogen-bond acceptors (Lipinski definition) is 5. The molecule has 0 aliphatic heterocycles. The summed E-state index contributed by atoms with van der Waals surface area (Å²) in [4.78, 5) is 24.1. The molecule has 4 rings (SSSR count). The molecule has 3 aromatic carbocycles. The fourth-order valence-corrected chi connectivity index (χ4v) is 4.49. The number of hydrogen-bond donors (Lipinski definition) is 2. The molecule has 8 heteroatoms. The third-order valence-corrected chi connectivity index (χ3v) is 6.89. The molecule has 4 aromatic rings. The number of carbonyl (C=O) groups is 2. The van der Waals surface area contributed by atoms with Gasteiger partial charge in [-0.05, 0) is 55.8 Å². The van der Waals surface area contributed by atoms with Crippen molar-refractivity contribution in [1.82, 2.24) is 10.0 Å². The summed E-state index contributed by atoms with van der Waals surface area (Å²) in [6.45, 7) is 3.33. The number of ketones is 1. The first-order valence-corrected chi connectivity index (χ1v) is 12.2. The van der Waals surface area contributed by atoms with Crippen LogP contribution in [0.25, 0.3) is 11.0 Å². The highest BCUT2D eigenvalue weighted by Gasteiger charge is 2.17. The van der Waals surface area contributed by atoms with Crippen molar-refractivity contribution < 1.29 is 22.4 Å². The normalized spacial score (nSPS) is 12.4. The number of Topliss-reactive ketones (excluding diaryl/α,β-unsaturated/α-hetero) is 1. The molecule has 0 radical (unpaired) electrons. The predicted molar refractivity (Wildman–Crippen MR) is 129 cm³/mol. The van der Waals surface area contributed by atoms with Crippen LogP contribution in [0, 0.1) is 0 Å². The van der Waals surface area contributed by atoms with Crippen molar-refractivity contribution in [1.29, 1.82) is 0 Å². The molecular weight excluding hydrogens is 452 g/mol. The van der Waals surface area contributed by atoms with E-state index >= 15 is 0 Å². The van der Waals surface area contributed by atoms with E-state index in [9.17, 15) is 18.0 Å². The van der Waals surface area contributed by atoms with Gasteiger partial charge in [-0.25, -0.2) is 13.1 Å². The Labute approximate surface area is 197 Å². The molecule has 1 heterocycles. The van der Waals surface area contributed by atoms with Crippen LogP contribution in [0.2, 0.25) is 0 Å². The molecule has 0 saturated carbocycles. The lowest BCUT2D eigenvalue weighted by molar-refractivity contribution is 0.0935. The minimum Gasteiger partial charge on any atom is -0.459 e. The summed E-state index contributed by atoms with van der Waals surface area (Å²) in [6.07, 6.45) is 0. The summed E-state index contributed by atoms with van der Waals surface area (Å²) >= 11 is 0. The number of para-hydroxylation sites is 1. The average Bonchev–Trinajstić information content (AvgIpc) is 3.28. The molecule has 2 N–H and O–H groups in total. The van der Waals surface area contributed by atoms with Gasteiger partial charge in [-0.3, -0.25) is 9.59 Å². The third kappa shape index (κ3) is 5.24. The first-order valence-electron chi connectivity index (χ1n) is 10.7. The molecule has 1 atom stereocenters. The summed E-state index contributed by atoms with van der Waals surface area (Å²) in [6, 6.07) is 21.7. The van der Waals surface area contributed by atoms with Gasteiger partial charge in [0, 0.05) is 23.1 Å². The molecule has 0 saturated heterocycles. The maximum atomic E-state index is 12.6. The van der Waals surface area contributed by atoms with Crippen LogP contribution in [0.15, 0.2) is 88.2 Å². The van der Waals surface area contributed by atoms with Crippen LogP contribution in [0.3, 0.4) is 0 Å². The van der Waals surface area contributed by atoms with Gasteiger partial charge in [0.2, 0.25) is 10.0 Å². The summed E-state index contributed by atoms with van der Waals surface area (Å²) in [5, 5.41) is 3.89. The Morgan fingerprint density at radius 2 is 1.56 bits per heavy atom. The molecule has 0 bridgehead atoms. The number of amides is 1. The van der Waals surface area contributed by atoms with Crippen LogP contribution in [0.5, 0.6) is 0 Å². The number of carbonyl (C=O) groups excluding carboxylic acids is 2. The third-order valence-electron chi connectivity index (χ3n) is 5.47. The van der Waals surface area contributed by atoms with E-state index in [2.05, 4.69) is 10.0 Å². The van der Waals surface area contributed by atoms with Crippen molar-refractivity contribution in [3.63, 3.8) is 0 Å². The molecule has 0 aliphatic rings. The first kappa shape index (κ1) is 23.4. The summed E-state index contributed by atoms with van der Waals surface area (Å²) in [7, 11) is -3.74. The molecule has 0 aliphatic carbocycles. The smallest absolute Gasteiger partial charge is 0.251 e. The zero-order valence-electron chi connectivity index (χ0n) is 18.7. The molecule has 34 heavy (non-hydrogen) atoms. The highest BCUT2D eigenvalue weighted by Crippen LogP contribution is 2.24. The van der Waals surface area contributed by atoms with Gasteiger partial charge in [-0.1, -0.05) is 42.5 Å². The minimum atomic E-state index is -3.74. The fraction of sp³-hybridized carbons (Fsp3) is 0.154. The molecule has 174 valence electrons. The van der Waals surface area contributed by atoms with Gasteiger partial charge in [0.25, 0.3) is 5.91 Å². The van der Waals surface area contributed by atoms with Crippen LogP contribution in [0.1, 0.15) is 51.9 Å². The highest BCUT2D eigenvalue weighted by molar-refractivity contribution is 7.89. The standard InChI is InChI=1S/C26H24N2O5S/c1-17(25-15-22-5-3-4-6-24(22)33-25)28-26(30)21-9-7-19(8-10-21)16-27-34(31,32)23-13-11-20(12-14-23)18(2)29/h3-15,17,27H,16H2,1-2H3,(H,28,30). The Hall–Kier alpha value is -3.75. The van der Waals surface area contributed by atoms with E-state index in [-0.39, 0.29) is 29.2 Å². The Kier molecular flexibility index (Phi) is 6.63. The second kappa shape index (κ2) is 9.62. The lowest BCUT2D eigenvalue weighted by Gasteiger charge is -2.12. The topological polar surface area (TPSA) is 105 Å². The molecule has 7 nitrogen and oxygen atoms in total. The van der Waals surface area contributed by atoms with Crippen molar-refractivity contribution in [3.05, 3.63) is 101 Å². The van der Waals surface area contributed by atoms with Crippen molar-refractivity contribution in [2.45, 2.75) is 31.3 Å². The maximum Gasteiger partial charge on any atom is 0.251 e. The predicted octanol–water partition coefficient (Wildman–Crippen LogP) is 4.60. The molecule has 0 fully saturated rings. The maximum absolute atomic E-state index is 12.6. The quantitative estimate of drug-likeness (QED) is 0.362. The first-order chi connectivity index (χ1) is 16.2. The van der Waals surface area contributed by atoms with E-state index in [1.54, 1.807) is 24.3 Å². The largest absolute Gasteiger partial charge is 0.459 e. The number of sulfonamides is 1. The molecule has 1 aromatic heterocycles. The van der Waals surface area contributed by atoms with Gasteiger partial charge >= 0.3 is 0 Å². The molecule has 1 unspecified atom stereocenters. The monoisotopic (exact) mass is 476 g/mol. The Bertz CT molecular complexity index is 1410. The second-order valence-corrected chi connectivity index (χ2v) is 9.75. The van der Waals surface area contributed by atoms with E-state index in [1.807, 2.05) is 37.3 Å². The Balaban J connectivity index is 1.36. The van der Waals surface area contributed by atoms with Gasteiger partial charge < -0.3 is 9.73 Å². The van der Waals surface area contributed by atoms with E-state index in [0.717, 1.165) is 11.0 Å². The zero-order chi connectivity index (χ0) is 24.3. The molecule has 1 amide bonds. The van der Waals surface area contributed by atoms with Gasteiger partial charge in [0.1, 0.15) is 11.3 Å². The summed E-state index contributed by atoms with van der Waals surface area (Å²) in [5.41, 5.74) is 2.36. The minimum absolute atomic E-state index is 0.0636. The number of fused-ring (bicyclic) bond motifs is 1. The van der Waals surface area contributed by atoms with Crippen molar-refractivity contribution in [2.24, 2.45) is 0 Å². The SMILES string of the molecule is CC(=O)c1ccc(S(=O)(=O)NCc2ccc(C(=O)NC(C)c3cc4ccccc4o3)cc2)cc1. The van der Waals surface area contributed by atoms with Crippen molar-refractivity contribution in [2.75, 3.05) is 0 Å². The Morgan fingerprint density at radius 3 is 2.21 bits per heavy atom. The van der Waals surface area contributed by atoms with Crippen molar-refractivity contribution >= 4 is 32.7 Å². The number of furan rings is 1. The van der Waals surface area contributed by atoms with Gasteiger partial charge in [0.15, 0.2) is 5.78 Å². The highest BCUT2D eigenvalue weighted by atomic mass is 32.2. The van der Waals surface area contributed by atoms with Crippen LogP contribution < -0.4 is 10.0 Å². The fourth-order valence-electron chi connectivity index (χ4n) is 3.47. The zero-order valence-corrected chi connectivity index (χ0v) is 19.6. The van der Waals surface area contributed by atoms with E-state index in [4.69, 9.17) is 4.42 Å². The summed E-state index contributed by atoms with van der Waals surface area (Å²) in [5.74, 6) is 0.274. The van der Waals surface area contributed by atoms with Crippen molar-refractivity contribution in [3.8, 4) is 0 Å². The van der Waals surface area contributed by atoms with Gasteiger partial charge in [-0.2, -0.15) is 0 Å². The molecule has 0 spiro atoms. The van der Waals surface area contributed by atoms with Crippen LogP contribution >= 0.6 is 0 Å². The lowest BCUT2D eigenvalue weighted by Crippen LogP contribution is -2.26. The van der Waals surface area contributed by atoms with Gasteiger partial charge in [0.05, 0.1) is 10.9 Å². The lowest BCUT2D eigenvalue weighted by atomic mass is 10.1. The van der Waals surface area contributed by atoms with Crippen LogP contribution in [-0.2, 0) is 16.6 Å². The Morgan fingerprint density at radius 1 is 0.912 bits per heavy atom. The van der Waals surface area contributed by atoms with Crippen LogP contribution in [-0.4, -0.2) is 20.1 Å². The van der Waals surface area contributed by atoms with Crippen LogP contribution in [0.4, 0.5) is 0 Å². The molecular formula is C26H24N2O5S. The number of benzene rings is 3. The summed E-state index contributed by atoms with van der Waals surface area (Å²) < 4.78 is 33.4. The van der Waals surface area contributed by atoms with Gasteiger partial charge in [-0.15, -0.1) is 0 Å². The average molecular weight is 477 g/mol. The number of nitrogens with one attached hydrogen (secondary N) is 2. The van der Waals surface area contributed by atoms with E-state index in [0.29, 0.717) is 22.5 Å². The second-order valence-electron chi connectivity index (χ2n) is 7.98. The number of rotatable bonds is 8.